The van der Waals surface area contributed by atoms with E-state index in [1.54, 1.807) is 0 Å². The molecule has 4 nitrogen and oxygen atoms in total. The summed E-state index contributed by atoms with van der Waals surface area (Å²) in [5.74, 6) is 0. The van der Waals surface area contributed by atoms with Crippen molar-refractivity contribution in [3.05, 3.63) is 35.9 Å². The topological polar surface area (TPSA) is 47.9 Å². The zero-order chi connectivity index (χ0) is 18.0. The van der Waals surface area contributed by atoms with Crippen LogP contribution in [-0.2, 0) is 13.9 Å². The van der Waals surface area contributed by atoms with Crippen molar-refractivity contribution in [2.24, 2.45) is 0 Å². The highest BCUT2D eigenvalue weighted by atomic mass is 28.4. The molecule has 24 heavy (non-hydrogen) atoms. The maximum absolute atomic E-state index is 10.1. The molecular weight excluding hydrogens is 320 g/mol. The van der Waals surface area contributed by atoms with Crippen molar-refractivity contribution in [1.82, 2.24) is 0 Å². The van der Waals surface area contributed by atoms with Gasteiger partial charge in [-0.2, -0.15) is 0 Å². The van der Waals surface area contributed by atoms with Gasteiger partial charge in [0.2, 0.25) is 0 Å². The standard InChI is InChI=1S/C19H32O4Si/c1-14(15-10-8-7-9-11-15)21-18-13-16(12-17(20)22-18)23-24(5,6)19(2,3)4/h7-11,14,16-18,20H,12-13H2,1-6H3/t14-,16+,17-,18+/m1/s1. The van der Waals surface area contributed by atoms with Crippen LogP contribution in [0.4, 0.5) is 0 Å². The number of aliphatic hydroxyl groups is 1. The summed E-state index contributed by atoms with van der Waals surface area (Å²) < 4.78 is 18.1. The monoisotopic (exact) mass is 352 g/mol. The molecule has 4 atom stereocenters. The minimum atomic E-state index is -1.88. The molecule has 1 fully saturated rings. The number of ether oxygens (including phenoxy) is 2. The van der Waals surface area contributed by atoms with Gasteiger partial charge in [-0.25, -0.2) is 0 Å². The summed E-state index contributed by atoms with van der Waals surface area (Å²) in [4.78, 5) is 0. The second kappa shape index (κ2) is 7.66. The van der Waals surface area contributed by atoms with Gasteiger partial charge in [0.25, 0.3) is 0 Å². The third kappa shape index (κ3) is 5.13. The lowest BCUT2D eigenvalue weighted by atomic mass is 10.1. The van der Waals surface area contributed by atoms with Crippen LogP contribution in [0.2, 0.25) is 18.1 Å². The Bertz CT molecular complexity index is 512. The van der Waals surface area contributed by atoms with Gasteiger partial charge in [0.1, 0.15) is 0 Å². The van der Waals surface area contributed by atoms with Crippen LogP contribution in [0, 0.1) is 0 Å². The molecule has 0 aromatic heterocycles. The predicted molar refractivity (Wildman–Crippen MR) is 98.1 cm³/mol. The number of benzene rings is 1. The molecule has 1 aliphatic rings. The molecule has 1 aliphatic heterocycles. The Hall–Kier alpha value is -0.723. The fraction of sp³-hybridized carbons (Fsp3) is 0.684. The molecule has 5 heteroatoms. The number of hydrogen-bond acceptors (Lipinski definition) is 4. The van der Waals surface area contributed by atoms with E-state index in [0.717, 1.165) is 5.56 Å². The van der Waals surface area contributed by atoms with Crippen molar-refractivity contribution >= 4 is 8.32 Å². The van der Waals surface area contributed by atoms with Gasteiger partial charge in [0.05, 0.1) is 12.2 Å². The third-order valence-electron chi connectivity index (χ3n) is 5.12. The molecule has 1 saturated heterocycles. The highest BCUT2D eigenvalue weighted by Gasteiger charge is 2.41. The smallest absolute Gasteiger partial charge is 0.192 e. The van der Waals surface area contributed by atoms with E-state index >= 15 is 0 Å². The van der Waals surface area contributed by atoms with E-state index in [0.29, 0.717) is 12.8 Å². The highest BCUT2D eigenvalue weighted by Crippen LogP contribution is 2.39. The van der Waals surface area contributed by atoms with E-state index in [1.165, 1.54) is 0 Å². The molecule has 136 valence electrons. The van der Waals surface area contributed by atoms with Gasteiger partial charge >= 0.3 is 0 Å². The lowest BCUT2D eigenvalue weighted by molar-refractivity contribution is -0.279. The van der Waals surface area contributed by atoms with Crippen LogP contribution in [-0.4, -0.2) is 32.1 Å². The molecule has 0 aliphatic carbocycles. The summed E-state index contributed by atoms with van der Waals surface area (Å²) in [6.07, 6.45) is -0.231. The van der Waals surface area contributed by atoms with Crippen LogP contribution in [0.5, 0.6) is 0 Å². The lowest BCUT2D eigenvalue weighted by Crippen LogP contribution is -2.48. The maximum Gasteiger partial charge on any atom is 0.192 e. The third-order valence-corrected chi connectivity index (χ3v) is 9.66. The van der Waals surface area contributed by atoms with Gasteiger partial charge in [-0.15, -0.1) is 0 Å². The Balaban J connectivity index is 1.98. The van der Waals surface area contributed by atoms with Crippen molar-refractivity contribution < 1.29 is 19.0 Å². The van der Waals surface area contributed by atoms with Crippen LogP contribution in [0.15, 0.2) is 30.3 Å². The highest BCUT2D eigenvalue weighted by molar-refractivity contribution is 6.74. The average Bonchev–Trinajstić information content (AvgIpc) is 2.45. The van der Waals surface area contributed by atoms with E-state index in [2.05, 4.69) is 33.9 Å². The minimum absolute atomic E-state index is 0.0254. The number of rotatable bonds is 5. The van der Waals surface area contributed by atoms with E-state index in [4.69, 9.17) is 13.9 Å². The predicted octanol–water partition coefficient (Wildman–Crippen LogP) is 4.61. The Labute approximate surface area is 147 Å². The molecular formula is C19H32O4Si. The largest absolute Gasteiger partial charge is 0.414 e. The first-order valence-corrected chi connectivity index (χ1v) is 11.7. The first-order valence-electron chi connectivity index (χ1n) is 8.80. The molecule has 2 rings (SSSR count). The van der Waals surface area contributed by atoms with Gasteiger partial charge in [-0.3, -0.25) is 0 Å². The number of aliphatic hydroxyl groups excluding tert-OH is 1. The van der Waals surface area contributed by atoms with Gasteiger partial charge < -0.3 is 19.0 Å². The van der Waals surface area contributed by atoms with Gasteiger partial charge in [0.15, 0.2) is 20.9 Å². The fourth-order valence-corrected chi connectivity index (χ4v) is 4.01. The molecule has 0 bridgehead atoms. The van der Waals surface area contributed by atoms with Crippen molar-refractivity contribution in [2.75, 3.05) is 0 Å². The Morgan fingerprint density at radius 2 is 1.79 bits per heavy atom. The summed E-state index contributed by atoms with van der Waals surface area (Å²) in [5, 5.41) is 10.2. The van der Waals surface area contributed by atoms with Crippen LogP contribution in [0.1, 0.15) is 52.2 Å². The number of hydrogen-bond donors (Lipinski definition) is 1. The lowest BCUT2D eigenvalue weighted by Gasteiger charge is -2.42. The molecule has 1 N–H and O–H groups in total. The van der Waals surface area contributed by atoms with E-state index in [-0.39, 0.29) is 17.2 Å². The second-order valence-electron chi connectivity index (χ2n) is 8.18. The van der Waals surface area contributed by atoms with Crippen LogP contribution < -0.4 is 0 Å². The SMILES string of the molecule is C[C@@H](O[C@@H]1C[C@@H](O[Si](C)(C)C(C)(C)C)C[C@H](O)O1)c1ccccc1. The summed E-state index contributed by atoms with van der Waals surface area (Å²) in [6.45, 7) is 13.1. The second-order valence-corrected chi connectivity index (χ2v) is 12.9. The Morgan fingerprint density at radius 3 is 2.38 bits per heavy atom. The van der Waals surface area contributed by atoms with Crippen molar-refractivity contribution in [3.8, 4) is 0 Å². The summed E-state index contributed by atoms with van der Waals surface area (Å²) in [7, 11) is -1.88. The molecule has 0 unspecified atom stereocenters. The molecule has 1 aromatic rings. The quantitative estimate of drug-likeness (QED) is 0.786. The molecule has 0 spiro atoms. The molecule has 0 saturated carbocycles. The zero-order valence-corrected chi connectivity index (χ0v) is 16.8. The first-order chi connectivity index (χ1) is 11.1. The zero-order valence-electron chi connectivity index (χ0n) is 15.8. The van der Waals surface area contributed by atoms with E-state index in [1.807, 2.05) is 37.3 Å². The molecule has 0 radical (unpaired) electrons. The Morgan fingerprint density at radius 1 is 1.17 bits per heavy atom. The van der Waals surface area contributed by atoms with Gasteiger partial charge in [-0.05, 0) is 30.6 Å². The van der Waals surface area contributed by atoms with Gasteiger partial charge in [0, 0.05) is 12.8 Å². The summed E-state index contributed by atoms with van der Waals surface area (Å²) in [6, 6.07) is 10.0. The van der Waals surface area contributed by atoms with E-state index in [9.17, 15) is 5.11 Å². The van der Waals surface area contributed by atoms with Crippen LogP contribution in [0.25, 0.3) is 0 Å². The minimum Gasteiger partial charge on any atom is -0.414 e. The molecule has 1 aromatic carbocycles. The first kappa shape index (κ1) is 19.6. The van der Waals surface area contributed by atoms with Crippen molar-refractivity contribution in [3.63, 3.8) is 0 Å². The van der Waals surface area contributed by atoms with Crippen molar-refractivity contribution in [2.45, 2.75) is 83.5 Å². The van der Waals surface area contributed by atoms with Gasteiger partial charge in [-0.1, -0.05) is 51.1 Å². The average molecular weight is 353 g/mol. The van der Waals surface area contributed by atoms with E-state index < -0.39 is 20.9 Å². The van der Waals surface area contributed by atoms with Crippen molar-refractivity contribution in [1.29, 1.82) is 0 Å². The fourth-order valence-electron chi connectivity index (χ4n) is 2.63. The Kier molecular flexibility index (Phi) is 6.26. The molecule has 1 heterocycles. The maximum atomic E-state index is 10.1. The summed E-state index contributed by atoms with van der Waals surface area (Å²) >= 11 is 0. The normalized spacial score (nSPS) is 27.0. The summed E-state index contributed by atoms with van der Waals surface area (Å²) in [5.41, 5.74) is 1.10. The molecule has 0 amide bonds. The van der Waals surface area contributed by atoms with Crippen LogP contribution >= 0.6 is 0 Å². The van der Waals surface area contributed by atoms with Crippen LogP contribution in [0.3, 0.4) is 0 Å².